The van der Waals surface area contributed by atoms with Crippen molar-refractivity contribution in [2.45, 2.75) is 31.2 Å². The van der Waals surface area contributed by atoms with Gasteiger partial charge in [-0.15, -0.1) is 0 Å². The molecule has 0 aliphatic heterocycles. The first-order valence-electron chi connectivity index (χ1n) is 7.71. The second-order valence-electron chi connectivity index (χ2n) is 6.09. The second-order valence-corrected chi connectivity index (χ2v) is 6.09. The zero-order valence-corrected chi connectivity index (χ0v) is 13.2. The molecule has 1 fully saturated rings. The van der Waals surface area contributed by atoms with Crippen molar-refractivity contribution in [2.75, 3.05) is 0 Å². The van der Waals surface area contributed by atoms with E-state index in [1.54, 1.807) is 6.20 Å². The number of nitro groups is 1. The van der Waals surface area contributed by atoms with Gasteiger partial charge in [0.05, 0.1) is 23.2 Å². The maximum absolute atomic E-state index is 12.5. The number of hydrogen-bond acceptors (Lipinski definition) is 5. The van der Waals surface area contributed by atoms with E-state index >= 15 is 0 Å². The molecule has 1 aromatic heterocycles. The number of aliphatic carboxylic acids is 1. The van der Waals surface area contributed by atoms with Crippen molar-refractivity contribution in [3.05, 3.63) is 52.6 Å². The van der Waals surface area contributed by atoms with Gasteiger partial charge in [0, 0.05) is 24.0 Å². The molecule has 0 saturated heterocycles. The Morgan fingerprint density at radius 1 is 1.40 bits per heavy atom. The van der Waals surface area contributed by atoms with Crippen molar-refractivity contribution >= 4 is 17.6 Å². The molecule has 1 aliphatic carbocycles. The Balaban J connectivity index is 1.87. The van der Waals surface area contributed by atoms with Crippen LogP contribution in [0.25, 0.3) is 5.69 Å². The molecule has 1 heterocycles. The Morgan fingerprint density at radius 2 is 2.16 bits per heavy atom. The number of nitro benzene ring substituents is 1. The minimum atomic E-state index is -0.985. The number of hydrogen-bond donors (Lipinski definition) is 2. The molecule has 0 spiro atoms. The van der Waals surface area contributed by atoms with Crippen molar-refractivity contribution in [3.63, 3.8) is 0 Å². The van der Waals surface area contributed by atoms with Gasteiger partial charge in [-0.2, -0.15) is 0 Å². The lowest BCUT2D eigenvalue weighted by molar-refractivity contribution is -0.384. The lowest BCUT2D eigenvalue weighted by Gasteiger charge is -2.41. The van der Waals surface area contributed by atoms with Gasteiger partial charge >= 0.3 is 5.97 Å². The van der Waals surface area contributed by atoms with Crippen LogP contribution >= 0.6 is 0 Å². The van der Waals surface area contributed by atoms with Gasteiger partial charge < -0.3 is 15.0 Å². The molecular weight excluding hydrogens is 328 g/mol. The number of amides is 1. The Labute approximate surface area is 142 Å². The van der Waals surface area contributed by atoms with E-state index in [0.29, 0.717) is 18.5 Å². The first-order chi connectivity index (χ1) is 11.9. The van der Waals surface area contributed by atoms with Crippen LogP contribution in [0.15, 0.2) is 36.9 Å². The zero-order valence-electron chi connectivity index (χ0n) is 13.2. The number of carboxylic acid groups (broad SMARTS) is 1. The fourth-order valence-corrected chi connectivity index (χ4v) is 2.98. The van der Waals surface area contributed by atoms with E-state index in [1.165, 1.54) is 35.3 Å². The van der Waals surface area contributed by atoms with E-state index in [0.717, 1.165) is 6.42 Å². The molecular formula is C16H16N4O5. The van der Waals surface area contributed by atoms with Crippen LogP contribution in [-0.4, -0.2) is 37.0 Å². The van der Waals surface area contributed by atoms with E-state index < -0.39 is 22.3 Å². The number of nitrogens with zero attached hydrogens (tertiary/aromatic N) is 3. The van der Waals surface area contributed by atoms with Gasteiger partial charge in [0.2, 0.25) is 0 Å². The van der Waals surface area contributed by atoms with Gasteiger partial charge in [-0.1, -0.05) is 0 Å². The van der Waals surface area contributed by atoms with Gasteiger partial charge in [-0.3, -0.25) is 19.7 Å². The highest BCUT2D eigenvalue weighted by atomic mass is 16.6. The summed E-state index contributed by atoms with van der Waals surface area (Å²) in [5, 5.41) is 23.1. The van der Waals surface area contributed by atoms with Crippen LogP contribution < -0.4 is 5.32 Å². The Kier molecular flexibility index (Phi) is 4.22. The molecule has 0 atom stereocenters. The maximum Gasteiger partial charge on any atom is 0.305 e. The highest BCUT2D eigenvalue weighted by Crippen LogP contribution is 2.35. The van der Waals surface area contributed by atoms with E-state index in [2.05, 4.69) is 10.3 Å². The first-order valence-corrected chi connectivity index (χ1v) is 7.71. The number of carbonyl (C=O) groups excluding carboxylic acids is 1. The van der Waals surface area contributed by atoms with E-state index in [-0.39, 0.29) is 17.7 Å². The fourth-order valence-electron chi connectivity index (χ4n) is 2.98. The quantitative estimate of drug-likeness (QED) is 0.608. The maximum atomic E-state index is 12.5. The predicted molar refractivity (Wildman–Crippen MR) is 86.5 cm³/mol. The molecule has 1 aliphatic rings. The monoisotopic (exact) mass is 344 g/mol. The molecule has 2 aromatic rings. The van der Waals surface area contributed by atoms with Gasteiger partial charge in [-0.25, -0.2) is 4.98 Å². The van der Waals surface area contributed by atoms with Crippen molar-refractivity contribution in [1.82, 2.24) is 14.9 Å². The van der Waals surface area contributed by atoms with Gasteiger partial charge in [0.25, 0.3) is 11.6 Å². The summed E-state index contributed by atoms with van der Waals surface area (Å²) in [6.07, 6.45) is 6.34. The molecule has 9 heteroatoms. The first kappa shape index (κ1) is 16.6. The molecule has 25 heavy (non-hydrogen) atoms. The van der Waals surface area contributed by atoms with Crippen LogP contribution in [0.2, 0.25) is 0 Å². The lowest BCUT2D eigenvalue weighted by Crippen LogP contribution is -2.54. The molecule has 9 nitrogen and oxygen atoms in total. The van der Waals surface area contributed by atoms with Gasteiger partial charge in [0.15, 0.2) is 0 Å². The number of imidazole rings is 1. The SMILES string of the molecule is O=C(O)CC1(NC(=O)c2ccc(-n3ccnc3)c([N+](=O)[O-])c2)CCC1. The summed E-state index contributed by atoms with van der Waals surface area (Å²) in [5.41, 5.74) is -0.581. The molecule has 1 amide bonds. The van der Waals surface area contributed by atoms with Crippen LogP contribution in [0, 0.1) is 10.1 Å². The van der Waals surface area contributed by atoms with Crippen LogP contribution in [0.1, 0.15) is 36.0 Å². The average Bonchev–Trinajstić information content (AvgIpc) is 3.05. The number of carbonyl (C=O) groups is 2. The summed E-state index contributed by atoms with van der Waals surface area (Å²) in [6.45, 7) is 0. The van der Waals surface area contributed by atoms with E-state index in [9.17, 15) is 19.7 Å². The number of rotatable bonds is 6. The Hall–Kier alpha value is -3.23. The number of carboxylic acids is 1. The van der Waals surface area contributed by atoms with Crippen molar-refractivity contribution < 1.29 is 19.6 Å². The molecule has 1 aromatic carbocycles. The second kappa shape index (κ2) is 6.34. The normalized spacial score (nSPS) is 15.2. The lowest BCUT2D eigenvalue weighted by atomic mass is 9.74. The number of benzene rings is 1. The zero-order chi connectivity index (χ0) is 18.0. The summed E-state index contributed by atoms with van der Waals surface area (Å²) in [5.74, 6) is -1.50. The van der Waals surface area contributed by atoms with Crippen LogP contribution in [0.5, 0.6) is 0 Å². The topological polar surface area (TPSA) is 127 Å². The standard InChI is InChI=1S/C16H16N4O5/c21-14(22)9-16(4-1-5-16)18-15(23)11-2-3-12(13(8-11)20(24)25)19-7-6-17-10-19/h2-3,6-8,10H,1,4-5,9H2,(H,18,23)(H,21,22). The molecule has 0 radical (unpaired) electrons. The number of nitrogens with one attached hydrogen (secondary N) is 1. The van der Waals surface area contributed by atoms with Crippen molar-refractivity contribution in [1.29, 1.82) is 0 Å². The van der Waals surface area contributed by atoms with E-state index in [1.807, 2.05) is 0 Å². The highest BCUT2D eigenvalue weighted by Gasteiger charge is 2.40. The molecule has 0 unspecified atom stereocenters. The Bertz CT molecular complexity index is 827. The van der Waals surface area contributed by atoms with Gasteiger partial charge in [0.1, 0.15) is 5.69 Å². The minimum Gasteiger partial charge on any atom is -0.481 e. The molecule has 130 valence electrons. The fraction of sp³-hybridized carbons (Fsp3) is 0.312. The van der Waals surface area contributed by atoms with Crippen LogP contribution in [0.4, 0.5) is 5.69 Å². The third-order valence-corrected chi connectivity index (χ3v) is 4.40. The average molecular weight is 344 g/mol. The molecule has 2 N–H and O–H groups in total. The summed E-state index contributed by atoms with van der Waals surface area (Å²) in [6, 6.07) is 4.14. The van der Waals surface area contributed by atoms with Gasteiger partial charge in [-0.05, 0) is 31.4 Å². The summed E-state index contributed by atoms with van der Waals surface area (Å²) >= 11 is 0. The summed E-state index contributed by atoms with van der Waals surface area (Å²) in [4.78, 5) is 38.1. The van der Waals surface area contributed by atoms with Crippen LogP contribution in [-0.2, 0) is 4.79 Å². The van der Waals surface area contributed by atoms with Crippen molar-refractivity contribution in [3.8, 4) is 5.69 Å². The smallest absolute Gasteiger partial charge is 0.305 e. The third-order valence-electron chi connectivity index (χ3n) is 4.40. The Morgan fingerprint density at radius 3 is 2.68 bits per heavy atom. The molecule has 1 saturated carbocycles. The molecule has 0 bridgehead atoms. The number of aromatic nitrogens is 2. The highest BCUT2D eigenvalue weighted by molar-refractivity contribution is 5.96. The van der Waals surface area contributed by atoms with Crippen LogP contribution in [0.3, 0.4) is 0 Å². The third kappa shape index (κ3) is 3.35. The van der Waals surface area contributed by atoms with E-state index in [4.69, 9.17) is 5.11 Å². The molecule has 3 rings (SSSR count). The van der Waals surface area contributed by atoms with Crippen molar-refractivity contribution in [2.24, 2.45) is 0 Å². The minimum absolute atomic E-state index is 0.118. The summed E-state index contributed by atoms with van der Waals surface area (Å²) in [7, 11) is 0. The predicted octanol–water partition coefficient (Wildman–Crippen LogP) is 1.91. The largest absolute Gasteiger partial charge is 0.481 e. The summed E-state index contributed by atoms with van der Waals surface area (Å²) < 4.78 is 1.48.